The zero-order valence-electron chi connectivity index (χ0n) is 22.3. The van der Waals surface area contributed by atoms with E-state index < -0.39 is 0 Å². The molecule has 0 amide bonds. The first-order chi connectivity index (χ1) is 13.7. The van der Waals surface area contributed by atoms with Gasteiger partial charge in [-0.1, -0.05) is 108 Å². The maximum Gasteiger partial charge on any atom is 6.00 e. The second-order valence-electron chi connectivity index (χ2n) is 9.73. The minimum absolute atomic E-state index is 0. The zero-order chi connectivity index (χ0) is 25.0. The molecule has 6 nitrogen and oxygen atoms in total. The van der Waals surface area contributed by atoms with Crippen molar-refractivity contribution in [1.29, 1.82) is 0 Å². The molecule has 0 heterocycles. The van der Waals surface area contributed by atoms with Gasteiger partial charge in [0, 0.05) is 0 Å². The molecule has 0 bridgehead atoms. The molecule has 0 saturated carbocycles. The van der Waals surface area contributed by atoms with Crippen molar-refractivity contribution in [3.05, 3.63) is 21.3 Å². The smallest absolute Gasteiger partial charge is 0.678 e. The molecular weight excluding hydrogens is 477 g/mol. The molecule has 31 heavy (non-hydrogen) atoms. The predicted octanol–water partition coefficient (Wildman–Crippen LogP) is 7.30. The van der Waals surface area contributed by atoms with Crippen LogP contribution >= 0.6 is 0 Å². The second kappa shape index (κ2) is 24.4. The second-order valence-corrected chi connectivity index (χ2v) is 9.73. The van der Waals surface area contributed by atoms with Crippen molar-refractivity contribution in [2.24, 2.45) is 11.8 Å². The molecule has 0 aromatic heterocycles. The van der Waals surface area contributed by atoms with E-state index in [2.05, 4.69) is 118 Å². The molecule has 0 aliphatic rings. The van der Waals surface area contributed by atoms with Crippen LogP contribution in [0.3, 0.4) is 0 Å². The van der Waals surface area contributed by atoms with Crippen LogP contribution in [0.4, 0.5) is 0 Å². The molecule has 0 aromatic carbocycles. The topological polar surface area (TPSA) is 90.5 Å². The van der Waals surface area contributed by atoms with Gasteiger partial charge in [0.25, 0.3) is 0 Å². The summed E-state index contributed by atoms with van der Waals surface area (Å²) in [6, 6.07) is 0. The Kier molecular flexibility index (Phi) is 32.4. The van der Waals surface area contributed by atoms with Crippen LogP contribution in [0.15, 0.2) is 0 Å². The summed E-state index contributed by atoms with van der Waals surface area (Å²) in [7, 11) is 0. The Morgan fingerprint density at radius 3 is 0.968 bits per heavy atom. The van der Waals surface area contributed by atoms with Gasteiger partial charge in [0.1, 0.15) is 0 Å². The molecule has 0 aliphatic heterocycles. The predicted molar refractivity (Wildman–Crippen MR) is 134 cm³/mol. The zero-order valence-corrected chi connectivity index (χ0v) is 24.0. The first-order valence-corrected chi connectivity index (χ1v) is 11.0. The molecule has 7 heteroatoms. The van der Waals surface area contributed by atoms with E-state index in [1.54, 1.807) is 0 Å². The van der Waals surface area contributed by atoms with Gasteiger partial charge in [-0.05, 0) is 0 Å². The fourth-order valence-corrected chi connectivity index (χ4v) is 2.12. The number of hydrogen-bond acceptors (Lipinski definition) is 2. The van der Waals surface area contributed by atoms with Crippen molar-refractivity contribution >= 4 is 13.6 Å². The molecule has 0 rings (SSSR count). The minimum Gasteiger partial charge on any atom is -0.678 e. The quantitative estimate of drug-likeness (QED) is 0.169. The van der Waals surface area contributed by atoms with E-state index in [0.29, 0.717) is 11.8 Å². The molecule has 2 atom stereocenters. The standard InChI is InChI=1S/2C11H24N2.2CHO.Ru/c2*1-7-8-12-10(9(2)3)13-11(4,5)6;2*1-2;/h2*9-10H,7-8H2,1-6H3;2*1H;/q2*-2;2*-1;+6. The average molecular weight is 528 g/mol. The van der Waals surface area contributed by atoms with Crippen molar-refractivity contribution in [3.8, 4) is 0 Å². The Hall–Kier alpha value is -0.197. The van der Waals surface area contributed by atoms with Gasteiger partial charge in [0.2, 0.25) is 0 Å². The fourth-order valence-electron chi connectivity index (χ4n) is 2.12. The van der Waals surface area contributed by atoms with Crippen LogP contribution in [0.1, 0.15) is 95.9 Å². The maximum absolute atomic E-state index is 7.75. The van der Waals surface area contributed by atoms with Crippen LogP contribution in [0.2, 0.25) is 0 Å². The molecule has 0 radical (unpaired) electrons. The van der Waals surface area contributed by atoms with Gasteiger partial charge in [-0.15, -0.1) is 11.1 Å². The molecule has 0 aliphatic carbocycles. The Bertz CT molecular complexity index is 322. The van der Waals surface area contributed by atoms with E-state index in [4.69, 9.17) is 9.59 Å². The molecule has 0 N–H and O–H groups in total. The molecular formula is C24H50N4O2Ru. The van der Waals surface area contributed by atoms with Gasteiger partial charge in [-0.2, -0.15) is 13.1 Å². The van der Waals surface area contributed by atoms with Gasteiger partial charge >= 0.3 is 19.5 Å². The summed E-state index contributed by atoms with van der Waals surface area (Å²) in [5, 5.41) is 18.5. The first-order valence-electron chi connectivity index (χ1n) is 11.0. The van der Waals surface area contributed by atoms with Gasteiger partial charge in [-0.3, -0.25) is 13.6 Å². The Labute approximate surface area is 208 Å². The van der Waals surface area contributed by atoms with E-state index in [1.807, 2.05) is 0 Å². The third-order valence-corrected chi connectivity index (χ3v) is 3.31. The third kappa shape index (κ3) is 34.6. The van der Waals surface area contributed by atoms with Crippen LogP contribution in [0.25, 0.3) is 21.3 Å². The normalized spacial score (nSPS) is 12.8. The van der Waals surface area contributed by atoms with Gasteiger partial charge < -0.3 is 30.9 Å². The van der Waals surface area contributed by atoms with Crippen molar-refractivity contribution in [2.45, 2.75) is 119 Å². The molecule has 0 aromatic rings. The summed E-state index contributed by atoms with van der Waals surface area (Å²) < 4.78 is 0. The number of carbonyl (C=O) groups excluding carboxylic acids is 2. The summed E-state index contributed by atoms with van der Waals surface area (Å²) in [5.41, 5.74) is 0.0678. The molecule has 0 spiro atoms. The van der Waals surface area contributed by atoms with Crippen LogP contribution in [0, 0.1) is 11.8 Å². The Morgan fingerprint density at radius 1 is 0.613 bits per heavy atom. The summed E-state index contributed by atoms with van der Waals surface area (Å²) >= 11 is 0. The van der Waals surface area contributed by atoms with Crippen LogP contribution < -0.4 is 0 Å². The number of hydrogen-bond donors (Lipinski definition) is 0. The van der Waals surface area contributed by atoms with Crippen molar-refractivity contribution in [2.75, 3.05) is 13.1 Å². The summed E-state index contributed by atoms with van der Waals surface area (Å²) in [6.07, 6.45) is 2.59. The molecule has 2 unspecified atom stereocenters. The van der Waals surface area contributed by atoms with E-state index >= 15 is 0 Å². The fraction of sp³-hybridized carbons (Fsp3) is 0.917. The monoisotopic (exact) mass is 528 g/mol. The summed E-state index contributed by atoms with van der Waals surface area (Å²) in [4.78, 5) is 15.5. The Morgan fingerprint density at radius 2 is 0.839 bits per heavy atom. The van der Waals surface area contributed by atoms with E-state index in [-0.39, 0.29) is 42.9 Å². The van der Waals surface area contributed by atoms with E-state index in [9.17, 15) is 0 Å². The SMILES string of the molecule is CCC[N-]C([N-]C(C)(C)C)C(C)C.CCC[N-]C([N-]C(C)(C)C)C(C)C.[CH-]=O.[CH-]=O.[Ru+6]. The van der Waals surface area contributed by atoms with E-state index in [0.717, 1.165) is 25.9 Å². The first kappa shape index (κ1) is 41.1. The number of nitrogens with zero attached hydrogens (tertiary/aromatic N) is 4. The molecule has 0 saturated heterocycles. The number of rotatable bonds is 10. The minimum atomic E-state index is 0. The van der Waals surface area contributed by atoms with Crippen LogP contribution in [0.5, 0.6) is 0 Å². The third-order valence-electron chi connectivity index (χ3n) is 3.31. The van der Waals surface area contributed by atoms with E-state index in [1.165, 1.54) is 0 Å². The molecule has 0 fully saturated rings. The van der Waals surface area contributed by atoms with Crippen molar-refractivity contribution in [3.63, 3.8) is 0 Å². The van der Waals surface area contributed by atoms with Gasteiger partial charge in [-0.25, -0.2) is 12.3 Å². The average Bonchev–Trinajstić information content (AvgIpc) is 2.64. The summed E-state index contributed by atoms with van der Waals surface area (Å²) in [6.45, 7) is 34.2. The van der Waals surface area contributed by atoms with Gasteiger partial charge in [0.15, 0.2) is 0 Å². The Balaban J connectivity index is -0.000000122. The van der Waals surface area contributed by atoms with Gasteiger partial charge in [0.05, 0.1) is 0 Å². The maximum atomic E-state index is 7.75. The largest absolute Gasteiger partial charge is 6.00 e. The van der Waals surface area contributed by atoms with Crippen LogP contribution in [-0.4, -0.2) is 50.1 Å². The summed E-state index contributed by atoms with van der Waals surface area (Å²) in [5.74, 6) is 1.04. The van der Waals surface area contributed by atoms with Crippen molar-refractivity contribution < 1.29 is 29.1 Å². The van der Waals surface area contributed by atoms with Crippen LogP contribution in [-0.2, 0) is 29.1 Å². The van der Waals surface area contributed by atoms with Crippen molar-refractivity contribution in [1.82, 2.24) is 0 Å². The molecule has 186 valence electrons.